The predicted octanol–water partition coefficient (Wildman–Crippen LogP) is 2.17. The first kappa shape index (κ1) is 11.6. The minimum atomic E-state index is 0.251. The van der Waals surface area contributed by atoms with Crippen molar-refractivity contribution in [2.24, 2.45) is 0 Å². The molecule has 0 aromatic heterocycles. The number of benzene rings is 1. The summed E-state index contributed by atoms with van der Waals surface area (Å²) in [5.74, 6) is 0.277. The highest BCUT2D eigenvalue weighted by molar-refractivity contribution is 5.29. The normalized spacial score (nSPS) is 18.9. The molecular weight excluding hydrogens is 198 g/mol. The zero-order valence-corrected chi connectivity index (χ0v) is 10.0. The molecule has 1 fully saturated rings. The van der Waals surface area contributed by atoms with Crippen LogP contribution in [0, 0.1) is 6.92 Å². The number of aryl methyl sites for hydroxylation is 1. The molecule has 0 bridgehead atoms. The Morgan fingerprint density at radius 3 is 2.56 bits per heavy atom. The summed E-state index contributed by atoms with van der Waals surface area (Å²) < 4.78 is 0. The minimum Gasteiger partial charge on any atom is -0.396 e. The molecule has 1 aliphatic rings. The summed E-state index contributed by atoms with van der Waals surface area (Å²) in [5, 5.41) is 9.54. The SMILES string of the molecule is Cc1ccccc1C(CO)CN1CCCC1. The first-order valence-electron chi connectivity index (χ1n) is 6.20. The third kappa shape index (κ3) is 2.63. The molecule has 1 atom stereocenters. The number of aliphatic hydroxyl groups excluding tert-OH is 1. The molecule has 2 nitrogen and oxygen atoms in total. The van der Waals surface area contributed by atoms with Gasteiger partial charge in [-0.3, -0.25) is 0 Å². The van der Waals surface area contributed by atoms with Gasteiger partial charge in [-0.05, 0) is 44.0 Å². The van der Waals surface area contributed by atoms with Gasteiger partial charge in [0.05, 0.1) is 6.61 Å². The third-order valence-corrected chi connectivity index (χ3v) is 3.53. The monoisotopic (exact) mass is 219 g/mol. The lowest BCUT2D eigenvalue weighted by Gasteiger charge is -2.23. The Morgan fingerprint density at radius 2 is 1.94 bits per heavy atom. The van der Waals surface area contributed by atoms with Gasteiger partial charge in [0.15, 0.2) is 0 Å². The number of hydrogen-bond acceptors (Lipinski definition) is 2. The van der Waals surface area contributed by atoms with Gasteiger partial charge < -0.3 is 10.0 Å². The highest BCUT2D eigenvalue weighted by atomic mass is 16.3. The van der Waals surface area contributed by atoms with Crippen LogP contribution in [0.5, 0.6) is 0 Å². The second-order valence-electron chi connectivity index (χ2n) is 4.74. The van der Waals surface area contributed by atoms with Crippen molar-refractivity contribution < 1.29 is 5.11 Å². The number of rotatable bonds is 4. The van der Waals surface area contributed by atoms with Crippen LogP contribution in [0.2, 0.25) is 0 Å². The fraction of sp³-hybridized carbons (Fsp3) is 0.571. The molecule has 2 heteroatoms. The molecule has 1 aromatic rings. The maximum Gasteiger partial charge on any atom is 0.0512 e. The molecule has 0 saturated carbocycles. The highest BCUT2D eigenvalue weighted by Gasteiger charge is 2.19. The van der Waals surface area contributed by atoms with Crippen LogP contribution in [0.25, 0.3) is 0 Å². The van der Waals surface area contributed by atoms with Crippen molar-refractivity contribution in [1.82, 2.24) is 4.90 Å². The number of aliphatic hydroxyl groups is 1. The van der Waals surface area contributed by atoms with Crippen molar-refractivity contribution in [3.63, 3.8) is 0 Å². The Kier molecular flexibility index (Phi) is 3.97. The summed E-state index contributed by atoms with van der Waals surface area (Å²) in [6.45, 7) is 5.77. The molecule has 0 amide bonds. The highest BCUT2D eigenvalue weighted by Crippen LogP contribution is 2.22. The van der Waals surface area contributed by atoms with Crippen LogP contribution in [0.3, 0.4) is 0 Å². The minimum absolute atomic E-state index is 0.251. The van der Waals surface area contributed by atoms with Gasteiger partial charge in [0.1, 0.15) is 0 Å². The molecule has 1 unspecified atom stereocenters. The molecule has 1 aromatic carbocycles. The summed E-state index contributed by atoms with van der Waals surface area (Å²) in [6, 6.07) is 8.40. The second-order valence-corrected chi connectivity index (χ2v) is 4.74. The van der Waals surface area contributed by atoms with E-state index in [0.29, 0.717) is 0 Å². The van der Waals surface area contributed by atoms with Crippen molar-refractivity contribution in [1.29, 1.82) is 0 Å². The van der Waals surface area contributed by atoms with Gasteiger partial charge in [-0.2, -0.15) is 0 Å². The van der Waals surface area contributed by atoms with E-state index < -0.39 is 0 Å². The Labute approximate surface area is 97.9 Å². The number of likely N-dealkylation sites (tertiary alicyclic amines) is 1. The topological polar surface area (TPSA) is 23.5 Å². The maximum atomic E-state index is 9.54. The maximum absolute atomic E-state index is 9.54. The third-order valence-electron chi connectivity index (χ3n) is 3.53. The lowest BCUT2D eigenvalue weighted by atomic mass is 9.95. The molecule has 0 aliphatic carbocycles. The van der Waals surface area contributed by atoms with Crippen LogP contribution >= 0.6 is 0 Å². The van der Waals surface area contributed by atoms with E-state index in [-0.39, 0.29) is 12.5 Å². The van der Waals surface area contributed by atoms with Crippen molar-refractivity contribution >= 4 is 0 Å². The molecule has 88 valence electrons. The Balaban J connectivity index is 2.06. The molecule has 0 radical (unpaired) electrons. The summed E-state index contributed by atoms with van der Waals surface area (Å²) in [5.41, 5.74) is 2.60. The molecule has 1 aliphatic heterocycles. The van der Waals surface area contributed by atoms with Crippen molar-refractivity contribution in [2.75, 3.05) is 26.2 Å². The van der Waals surface area contributed by atoms with Crippen LogP contribution in [-0.4, -0.2) is 36.2 Å². The van der Waals surface area contributed by atoms with E-state index in [0.717, 1.165) is 6.54 Å². The van der Waals surface area contributed by atoms with Crippen molar-refractivity contribution in [3.05, 3.63) is 35.4 Å². The fourth-order valence-electron chi connectivity index (χ4n) is 2.58. The van der Waals surface area contributed by atoms with E-state index in [1.165, 1.54) is 37.1 Å². The van der Waals surface area contributed by atoms with Gasteiger partial charge in [0.25, 0.3) is 0 Å². The second kappa shape index (κ2) is 5.46. The number of nitrogens with zero attached hydrogens (tertiary/aromatic N) is 1. The van der Waals surface area contributed by atoms with E-state index in [4.69, 9.17) is 0 Å². The quantitative estimate of drug-likeness (QED) is 0.839. The summed E-state index contributed by atoms with van der Waals surface area (Å²) in [6.07, 6.45) is 2.62. The lowest BCUT2D eigenvalue weighted by molar-refractivity contribution is 0.220. The Morgan fingerprint density at radius 1 is 1.25 bits per heavy atom. The van der Waals surface area contributed by atoms with Crippen LogP contribution in [0.1, 0.15) is 29.9 Å². The van der Waals surface area contributed by atoms with Crippen molar-refractivity contribution in [3.8, 4) is 0 Å². The van der Waals surface area contributed by atoms with E-state index >= 15 is 0 Å². The van der Waals surface area contributed by atoms with E-state index in [1.54, 1.807) is 0 Å². The van der Waals surface area contributed by atoms with Gasteiger partial charge in [-0.25, -0.2) is 0 Å². The van der Waals surface area contributed by atoms with Crippen LogP contribution in [0.4, 0.5) is 0 Å². The summed E-state index contributed by atoms with van der Waals surface area (Å²) in [7, 11) is 0. The largest absolute Gasteiger partial charge is 0.396 e. The Hall–Kier alpha value is -0.860. The molecule has 1 heterocycles. The Bertz CT molecular complexity index is 331. The zero-order valence-electron chi connectivity index (χ0n) is 10.0. The van der Waals surface area contributed by atoms with Gasteiger partial charge in [0.2, 0.25) is 0 Å². The van der Waals surface area contributed by atoms with E-state index in [1.807, 2.05) is 0 Å². The summed E-state index contributed by atoms with van der Waals surface area (Å²) in [4.78, 5) is 2.47. The van der Waals surface area contributed by atoms with Gasteiger partial charge >= 0.3 is 0 Å². The fourth-order valence-corrected chi connectivity index (χ4v) is 2.58. The average Bonchev–Trinajstić information content (AvgIpc) is 2.80. The zero-order chi connectivity index (χ0) is 11.4. The molecule has 0 spiro atoms. The van der Waals surface area contributed by atoms with Crippen LogP contribution in [-0.2, 0) is 0 Å². The molecule has 1 saturated heterocycles. The average molecular weight is 219 g/mol. The van der Waals surface area contributed by atoms with Crippen LogP contribution < -0.4 is 0 Å². The van der Waals surface area contributed by atoms with E-state index in [9.17, 15) is 5.11 Å². The first-order chi connectivity index (χ1) is 7.81. The number of hydrogen-bond donors (Lipinski definition) is 1. The van der Waals surface area contributed by atoms with Gasteiger partial charge in [0, 0.05) is 12.5 Å². The summed E-state index contributed by atoms with van der Waals surface area (Å²) >= 11 is 0. The van der Waals surface area contributed by atoms with Crippen LogP contribution in [0.15, 0.2) is 24.3 Å². The standard InChI is InChI=1S/C14H21NO/c1-12-6-2-3-7-14(12)13(11-16)10-15-8-4-5-9-15/h2-3,6-7,13,16H,4-5,8-11H2,1H3. The molecule has 2 rings (SSSR count). The van der Waals surface area contributed by atoms with Gasteiger partial charge in [-0.15, -0.1) is 0 Å². The van der Waals surface area contributed by atoms with Crippen molar-refractivity contribution in [2.45, 2.75) is 25.7 Å². The molecular formula is C14H21NO. The molecule has 16 heavy (non-hydrogen) atoms. The van der Waals surface area contributed by atoms with Gasteiger partial charge in [-0.1, -0.05) is 24.3 Å². The first-order valence-corrected chi connectivity index (χ1v) is 6.20. The predicted molar refractivity (Wildman–Crippen MR) is 66.7 cm³/mol. The smallest absolute Gasteiger partial charge is 0.0512 e. The molecule has 1 N–H and O–H groups in total. The lowest BCUT2D eigenvalue weighted by Crippen LogP contribution is -2.27. The van der Waals surface area contributed by atoms with E-state index in [2.05, 4.69) is 36.1 Å².